The number of hydrogen-bond donors (Lipinski definition) is 2. The molecule has 3 heteroatoms. The first-order valence-corrected chi connectivity index (χ1v) is 8.30. The van der Waals surface area contributed by atoms with E-state index in [0.717, 1.165) is 30.2 Å². The van der Waals surface area contributed by atoms with Gasteiger partial charge in [-0.05, 0) is 55.5 Å². The fourth-order valence-corrected chi connectivity index (χ4v) is 3.72. The van der Waals surface area contributed by atoms with Gasteiger partial charge in [-0.2, -0.15) is 0 Å². The minimum Gasteiger partial charge on any atom is -0.358 e. The van der Waals surface area contributed by atoms with Gasteiger partial charge in [0.2, 0.25) is 0 Å². The lowest BCUT2D eigenvalue weighted by Crippen LogP contribution is -2.36. The van der Waals surface area contributed by atoms with Gasteiger partial charge in [0.25, 0.3) is 0 Å². The molecule has 1 aliphatic carbocycles. The number of H-pyrrole nitrogens is 1. The van der Waals surface area contributed by atoms with Crippen LogP contribution in [-0.2, 0) is 12.8 Å². The van der Waals surface area contributed by atoms with E-state index in [-0.39, 0.29) is 5.82 Å². The Balaban J connectivity index is 1.56. The molecule has 0 amide bonds. The Labute approximate surface area is 135 Å². The second-order valence-electron chi connectivity index (χ2n) is 6.51. The SMILES string of the molecule is C[C@@H](N[C@H]1CCc2[nH]c3ccc(F)cc3c2C1)c1ccccc1. The molecule has 1 aromatic heterocycles. The maximum atomic E-state index is 13.6. The van der Waals surface area contributed by atoms with Crippen LogP contribution in [0, 0.1) is 5.82 Å². The highest BCUT2D eigenvalue weighted by molar-refractivity contribution is 5.85. The third-order valence-corrected chi connectivity index (χ3v) is 4.94. The number of nitrogens with one attached hydrogen (secondary N) is 2. The second-order valence-corrected chi connectivity index (χ2v) is 6.51. The van der Waals surface area contributed by atoms with E-state index >= 15 is 0 Å². The first kappa shape index (κ1) is 14.5. The van der Waals surface area contributed by atoms with E-state index in [1.807, 2.05) is 12.1 Å². The van der Waals surface area contributed by atoms with Crippen molar-refractivity contribution in [2.45, 2.75) is 38.3 Å². The molecule has 0 radical (unpaired) electrons. The van der Waals surface area contributed by atoms with Crippen molar-refractivity contribution < 1.29 is 4.39 Å². The summed E-state index contributed by atoms with van der Waals surface area (Å²) in [6, 6.07) is 16.3. The molecule has 0 bridgehead atoms. The molecule has 118 valence electrons. The molecule has 3 aromatic rings. The molecule has 0 fully saturated rings. The second kappa shape index (κ2) is 5.82. The summed E-state index contributed by atoms with van der Waals surface area (Å²) >= 11 is 0. The van der Waals surface area contributed by atoms with Gasteiger partial charge in [0.1, 0.15) is 5.82 Å². The summed E-state index contributed by atoms with van der Waals surface area (Å²) in [7, 11) is 0. The monoisotopic (exact) mass is 308 g/mol. The van der Waals surface area contributed by atoms with Crippen LogP contribution in [0.4, 0.5) is 4.39 Å². The van der Waals surface area contributed by atoms with Crippen molar-refractivity contribution in [3.63, 3.8) is 0 Å². The molecular weight excluding hydrogens is 287 g/mol. The zero-order valence-electron chi connectivity index (χ0n) is 13.3. The van der Waals surface area contributed by atoms with Gasteiger partial charge in [0.15, 0.2) is 0 Å². The van der Waals surface area contributed by atoms with Crippen LogP contribution >= 0.6 is 0 Å². The average molecular weight is 308 g/mol. The average Bonchev–Trinajstić information content (AvgIpc) is 2.93. The summed E-state index contributed by atoms with van der Waals surface area (Å²) in [6.45, 7) is 2.21. The van der Waals surface area contributed by atoms with Crippen LogP contribution in [-0.4, -0.2) is 11.0 Å². The molecule has 2 N–H and O–H groups in total. The Morgan fingerprint density at radius 1 is 1.17 bits per heavy atom. The maximum absolute atomic E-state index is 13.6. The van der Waals surface area contributed by atoms with Crippen molar-refractivity contribution in [2.24, 2.45) is 0 Å². The van der Waals surface area contributed by atoms with Crippen molar-refractivity contribution in [2.75, 3.05) is 0 Å². The van der Waals surface area contributed by atoms with Gasteiger partial charge in [-0.1, -0.05) is 30.3 Å². The van der Waals surface area contributed by atoms with Gasteiger partial charge in [-0.3, -0.25) is 0 Å². The molecule has 4 rings (SSSR count). The zero-order chi connectivity index (χ0) is 15.8. The number of hydrogen-bond acceptors (Lipinski definition) is 1. The van der Waals surface area contributed by atoms with Crippen LogP contribution in [0.3, 0.4) is 0 Å². The van der Waals surface area contributed by atoms with Crippen LogP contribution < -0.4 is 5.32 Å². The summed E-state index contributed by atoms with van der Waals surface area (Å²) in [5.74, 6) is -0.160. The van der Waals surface area contributed by atoms with Crippen molar-refractivity contribution in [1.29, 1.82) is 0 Å². The number of rotatable bonds is 3. The fourth-order valence-electron chi connectivity index (χ4n) is 3.72. The lowest BCUT2D eigenvalue weighted by molar-refractivity contribution is 0.413. The molecule has 0 saturated heterocycles. The summed E-state index contributed by atoms with van der Waals surface area (Å²) in [6.07, 6.45) is 3.08. The summed E-state index contributed by atoms with van der Waals surface area (Å²) in [5, 5.41) is 4.78. The van der Waals surface area contributed by atoms with Crippen LogP contribution in [0.5, 0.6) is 0 Å². The number of aromatic amines is 1. The van der Waals surface area contributed by atoms with Crippen molar-refractivity contribution in [3.05, 3.63) is 71.2 Å². The van der Waals surface area contributed by atoms with Crippen LogP contribution in [0.25, 0.3) is 10.9 Å². The Bertz CT molecular complexity index is 822. The molecule has 23 heavy (non-hydrogen) atoms. The maximum Gasteiger partial charge on any atom is 0.123 e. The van der Waals surface area contributed by atoms with Gasteiger partial charge < -0.3 is 10.3 Å². The third kappa shape index (κ3) is 2.77. The molecule has 2 atom stereocenters. The van der Waals surface area contributed by atoms with E-state index < -0.39 is 0 Å². The predicted molar refractivity (Wildman–Crippen MR) is 92.1 cm³/mol. The highest BCUT2D eigenvalue weighted by Gasteiger charge is 2.23. The molecule has 0 saturated carbocycles. The zero-order valence-corrected chi connectivity index (χ0v) is 13.3. The van der Waals surface area contributed by atoms with Gasteiger partial charge >= 0.3 is 0 Å². The Kier molecular flexibility index (Phi) is 3.66. The minimum atomic E-state index is -0.160. The summed E-state index contributed by atoms with van der Waals surface area (Å²) in [5.41, 5.74) is 4.91. The quantitative estimate of drug-likeness (QED) is 0.732. The molecule has 2 aromatic carbocycles. The number of benzene rings is 2. The predicted octanol–water partition coefficient (Wildman–Crippen LogP) is 4.52. The molecule has 1 heterocycles. The molecular formula is C20H21FN2. The standard InChI is InChI=1S/C20H21FN2/c1-13(14-5-3-2-4-6-14)22-16-8-10-20-18(12-16)17-11-15(21)7-9-19(17)23-20/h2-7,9,11,13,16,22-23H,8,10,12H2,1H3/t13-,16+/m1/s1. The molecule has 0 aliphatic heterocycles. The van der Waals surface area contributed by atoms with Gasteiger partial charge in [0.05, 0.1) is 0 Å². The van der Waals surface area contributed by atoms with E-state index in [9.17, 15) is 4.39 Å². The lowest BCUT2D eigenvalue weighted by Gasteiger charge is -2.27. The number of fused-ring (bicyclic) bond motifs is 3. The van der Waals surface area contributed by atoms with Gasteiger partial charge in [-0.25, -0.2) is 4.39 Å². The topological polar surface area (TPSA) is 27.8 Å². The minimum absolute atomic E-state index is 0.160. The number of halogens is 1. The van der Waals surface area contributed by atoms with Gasteiger partial charge in [-0.15, -0.1) is 0 Å². The van der Waals surface area contributed by atoms with Crippen molar-refractivity contribution in [1.82, 2.24) is 10.3 Å². The largest absolute Gasteiger partial charge is 0.358 e. The summed E-state index contributed by atoms with van der Waals surface area (Å²) in [4.78, 5) is 3.45. The number of aryl methyl sites for hydroxylation is 1. The molecule has 1 aliphatic rings. The Morgan fingerprint density at radius 3 is 2.83 bits per heavy atom. The van der Waals surface area contributed by atoms with E-state index in [2.05, 4.69) is 41.5 Å². The first-order valence-electron chi connectivity index (χ1n) is 8.30. The third-order valence-electron chi connectivity index (χ3n) is 4.94. The van der Waals surface area contributed by atoms with E-state index in [1.54, 1.807) is 6.07 Å². The Morgan fingerprint density at radius 2 is 2.00 bits per heavy atom. The van der Waals surface area contributed by atoms with Gasteiger partial charge in [0, 0.05) is 28.7 Å². The highest BCUT2D eigenvalue weighted by Crippen LogP contribution is 2.30. The fraction of sp³-hybridized carbons (Fsp3) is 0.300. The van der Waals surface area contributed by atoms with Crippen LogP contribution in [0.1, 0.15) is 36.2 Å². The van der Waals surface area contributed by atoms with E-state index in [1.165, 1.54) is 22.9 Å². The number of aromatic nitrogens is 1. The van der Waals surface area contributed by atoms with E-state index in [0.29, 0.717) is 12.1 Å². The van der Waals surface area contributed by atoms with Crippen LogP contribution in [0.2, 0.25) is 0 Å². The Hall–Kier alpha value is -2.13. The highest BCUT2D eigenvalue weighted by atomic mass is 19.1. The smallest absolute Gasteiger partial charge is 0.123 e. The lowest BCUT2D eigenvalue weighted by atomic mass is 9.90. The molecule has 0 unspecified atom stereocenters. The molecule has 0 spiro atoms. The van der Waals surface area contributed by atoms with Crippen molar-refractivity contribution >= 4 is 10.9 Å². The normalized spacial score (nSPS) is 18.8. The van der Waals surface area contributed by atoms with E-state index in [4.69, 9.17) is 0 Å². The summed E-state index contributed by atoms with van der Waals surface area (Å²) < 4.78 is 13.6. The first-order chi connectivity index (χ1) is 11.2. The van der Waals surface area contributed by atoms with Crippen LogP contribution in [0.15, 0.2) is 48.5 Å². The van der Waals surface area contributed by atoms with Crippen molar-refractivity contribution in [3.8, 4) is 0 Å². The molecule has 2 nitrogen and oxygen atoms in total.